The number of ketones is 1. The summed E-state index contributed by atoms with van der Waals surface area (Å²) in [5, 5.41) is 4.21. The van der Waals surface area contributed by atoms with Crippen molar-refractivity contribution < 1.29 is 4.79 Å². The first kappa shape index (κ1) is 10.3. The second kappa shape index (κ2) is 4.13. The Morgan fingerprint density at radius 2 is 2.07 bits per heavy atom. The van der Waals surface area contributed by atoms with Crippen molar-refractivity contribution in [1.82, 2.24) is 14.8 Å². The summed E-state index contributed by atoms with van der Waals surface area (Å²) in [6.07, 6.45) is 4.52. The number of hydrogen-bond acceptors (Lipinski definition) is 3. The van der Waals surface area contributed by atoms with Crippen LogP contribution in [0.2, 0.25) is 0 Å². The number of carbonyl (C=O) groups is 1. The summed E-state index contributed by atoms with van der Waals surface area (Å²) in [6.45, 7) is 4.14. The highest BCUT2D eigenvalue weighted by Crippen LogP contribution is 2.25. The van der Waals surface area contributed by atoms with Crippen molar-refractivity contribution >= 4 is 5.78 Å². The fourth-order valence-electron chi connectivity index (χ4n) is 2.24. The second-order valence-corrected chi connectivity index (χ2v) is 4.31. The van der Waals surface area contributed by atoms with Crippen molar-refractivity contribution in [3.8, 4) is 0 Å². The molecule has 4 heteroatoms. The van der Waals surface area contributed by atoms with Gasteiger partial charge in [-0.15, -0.1) is 0 Å². The zero-order chi connectivity index (χ0) is 10.8. The molecule has 1 aliphatic carbocycles. The maximum atomic E-state index is 11.9. The largest absolute Gasteiger partial charge is 0.297 e. The van der Waals surface area contributed by atoms with Crippen LogP contribution in [0.4, 0.5) is 0 Å². The molecule has 1 aliphatic rings. The molecule has 1 saturated carbocycles. The quantitative estimate of drug-likeness (QED) is 0.757. The summed E-state index contributed by atoms with van der Waals surface area (Å²) in [5.74, 6) is 2.17. The van der Waals surface area contributed by atoms with Gasteiger partial charge >= 0.3 is 0 Å². The predicted octanol–water partition coefficient (Wildman–Crippen LogP) is 1.65. The molecule has 4 nitrogen and oxygen atoms in total. The summed E-state index contributed by atoms with van der Waals surface area (Å²) in [7, 11) is 0. The zero-order valence-electron chi connectivity index (χ0n) is 9.36. The molecule has 0 N–H and O–H groups in total. The maximum absolute atomic E-state index is 11.9. The summed E-state index contributed by atoms with van der Waals surface area (Å²) in [4.78, 5) is 16.1. The number of carbonyl (C=O) groups excluding carboxylic acids is 1. The smallest absolute Gasteiger partial charge is 0.157 e. The van der Waals surface area contributed by atoms with Crippen molar-refractivity contribution in [3.05, 3.63) is 11.6 Å². The molecule has 1 heterocycles. The first-order valence-corrected chi connectivity index (χ1v) is 5.57. The molecule has 0 aromatic carbocycles. The van der Waals surface area contributed by atoms with E-state index in [4.69, 9.17) is 0 Å². The van der Waals surface area contributed by atoms with E-state index in [1.807, 2.05) is 13.8 Å². The third-order valence-corrected chi connectivity index (χ3v) is 3.08. The number of Topliss-reactive ketones (excluding diaryl/α,β-unsaturated/α-hetero) is 1. The van der Waals surface area contributed by atoms with Crippen molar-refractivity contribution in [2.45, 2.75) is 46.1 Å². The Labute approximate surface area is 89.7 Å². The Bertz CT molecular complexity index is 364. The van der Waals surface area contributed by atoms with E-state index in [9.17, 15) is 4.79 Å². The SMILES string of the molecule is Cc1nc(C)n(CC(=O)C2CCCC2)n1. The van der Waals surface area contributed by atoms with Gasteiger partial charge in [0.25, 0.3) is 0 Å². The van der Waals surface area contributed by atoms with Gasteiger partial charge in [-0.2, -0.15) is 5.10 Å². The third-order valence-electron chi connectivity index (χ3n) is 3.08. The first-order chi connectivity index (χ1) is 7.16. The van der Waals surface area contributed by atoms with E-state index in [2.05, 4.69) is 10.1 Å². The van der Waals surface area contributed by atoms with Gasteiger partial charge in [-0.25, -0.2) is 9.67 Å². The lowest BCUT2D eigenvalue weighted by atomic mass is 10.0. The molecule has 0 spiro atoms. The van der Waals surface area contributed by atoms with Crippen LogP contribution in [0.5, 0.6) is 0 Å². The molecule has 1 fully saturated rings. The summed E-state index contributed by atoms with van der Waals surface area (Å²) >= 11 is 0. The van der Waals surface area contributed by atoms with Crippen LogP contribution in [0.1, 0.15) is 37.3 Å². The standard InChI is InChI=1S/C11H17N3O/c1-8-12-9(2)14(13-8)7-11(15)10-5-3-4-6-10/h10H,3-7H2,1-2H3. The van der Waals surface area contributed by atoms with Crippen LogP contribution in [-0.2, 0) is 11.3 Å². The average Bonchev–Trinajstić information content (AvgIpc) is 2.76. The highest BCUT2D eigenvalue weighted by molar-refractivity contribution is 5.80. The minimum absolute atomic E-state index is 0.272. The topological polar surface area (TPSA) is 47.8 Å². The van der Waals surface area contributed by atoms with Crippen LogP contribution in [0.25, 0.3) is 0 Å². The van der Waals surface area contributed by atoms with Gasteiger partial charge < -0.3 is 0 Å². The van der Waals surface area contributed by atoms with Crippen LogP contribution < -0.4 is 0 Å². The lowest BCUT2D eigenvalue weighted by Crippen LogP contribution is -2.19. The van der Waals surface area contributed by atoms with E-state index >= 15 is 0 Å². The minimum atomic E-state index is 0.272. The van der Waals surface area contributed by atoms with Gasteiger partial charge in [0.15, 0.2) is 5.78 Å². The number of hydrogen-bond donors (Lipinski definition) is 0. The summed E-state index contributed by atoms with van der Waals surface area (Å²) < 4.78 is 1.72. The van der Waals surface area contributed by atoms with Gasteiger partial charge in [0.05, 0.1) is 0 Å². The zero-order valence-corrected chi connectivity index (χ0v) is 9.36. The molecule has 1 aromatic heterocycles. The molecule has 0 aliphatic heterocycles. The molecule has 0 amide bonds. The first-order valence-electron chi connectivity index (χ1n) is 5.57. The fraction of sp³-hybridized carbons (Fsp3) is 0.727. The molecule has 2 rings (SSSR count). The van der Waals surface area contributed by atoms with Crippen LogP contribution in [-0.4, -0.2) is 20.5 Å². The molecule has 0 atom stereocenters. The number of nitrogens with zero attached hydrogens (tertiary/aromatic N) is 3. The molecule has 82 valence electrons. The lowest BCUT2D eigenvalue weighted by molar-refractivity contribution is -0.123. The van der Waals surface area contributed by atoms with Gasteiger partial charge in [-0.1, -0.05) is 12.8 Å². The molecule has 15 heavy (non-hydrogen) atoms. The highest BCUT2D eigenvalue weighted by atomic mass is 16.1. The Hall–Kier alpha value is -1.19. The molecule has 0 radical (unpaired) electrons. The Morgan fingerprint density at radius 3 is 2.60 bits per heavy atom. The average molecular weight is 207 g/mol. The lowest BCUT2D eigenvalue weighted by Gasteiger charge is -2.08. The molecule has 0 saturated heterocycles. The Kier molecular flexibility index (Phi) is 2.84. The van der Waals surface area contributed by atoms with Crippen molar-refractivity contribution in [3.63, 3.8) is 0 Å². The fourth-order valence-corrected chi connectivity index (χ4v) is 2.24. The highest BCUT2D eigenvalue weighted by Gasteiger charge is 2.23. The summed E-state index contributed by atoms with van der Waals surface area (Å²) in [6, 6.07) is 0. The second-order valence-electron chi connectivity index (χ2n) is 4.31. The van der Waals surface area contributed by atoms with E-state index < -0.39 is 0 Å². The van der Waals surface area contributed by atoms with E-state index in [1.165, 1.54) is 12.8 Å². The number of aromatic nitrogens is 3. The molecule has 0 unspecified atom stereocenters. The minimum Gasteiger partial charge on any atom is -0.297 e. The molecule has 0 bridgehead atoms. The van der Waals surface area contributed by atoms with Crippen molar-refractivity contribution in [2.75, 3.05) is 0 Å². The van der Waals surface area contributed by atoms with Gasteiger partial charge in [-0.3, -0.25) is 4.79 Å². The summed E-state index contributed by atoms with van der Waals surface area (Å²) in [5.41, 5.74) is 0. The van der Waals surface area contributed by atoms with Gasteiger partial charge in [-0.05, 0) is 26.7 Å². The van der Waals surface area contributed by atoms with Gasteiger partial charge in [0, 0.05) is 5.92 Å². The van der Waals surface area contributed by atoms with E-state index in [1.54, 1.807) is 4.68 Å². The Morgan fingerprint density at radius 1 is 1.40 bits per heavy atom. The Balaban J connectivity index is 2.01. The molecular formula is C11H17N3O. The van der Waals surface area contributed by atoms with E-state index in [0.29, 0.717) is 12.3 Å². The van der Waals surface area contributed by atoms with Crippen LogP contribution in [0.15, 0.2) is 0 Å². The predicted molar refractivity (Wildman–Crippen MR) is 56.5 cm³/mol. The van der Waals surface area contributed by atoms with Gasteiger partial charge in [0.2, 0.25) is 0 Å². The maximum Gasteiger partial charge on any atom is 0.157 e. The molecular weight excluding hydrogens is 190 g/mol. The third kappa shape index (κ3) is 2.25. The number of rotatable bonds is 3. The van der Waals surface area contributed by atoms with Crippen molar-refractivity contribution in [2.24, 2.45) is 5.92 Å². The van der Waals surface area contributed by atoms with E-state index in [-0.39, 0.29) is 5.92 Å². The monoisotopic (exact) mass is 207 g/mol. The normalized spacial score (nSPS) is 17.2. The van der Waals surface area contributed by atoms with Crippen LogP contribution in [0, 0.1) is 19.8 Å². The van der Waals surface area contributed by atoms with Gasteiger partial charge in [0.1, 0.15) is 18.2 Å². The van der Waals surface area contributed by atoms with Crippen LogP contribution in [0.3, 0.4) is 0 Å². The van der Waals surface area contributed by atoms with E-state index in [0.717, 1.165) is 24.5 Å². The van der Waals surface area contributed by atoms with Crippen LogP contribution >= 0.6 is 0 Å². The molecule has 1 aromatic rings. The number of aryl methyl sites for hydroxylation is 2. The van der Waals surface area contributed by atoms with Crippen molar-refractivity contribution in [1.29, 1.82) is 0 Å².